The van der Waals surface area contributed by atoms with E-state index in [-0.39, 0.29) is 160 Å². The Bertz CT molecular complexity index is 1170. The largest absolute Gasteiger partial charge is 0.481 e. The van der Waals surface area contributed by atoms with Crippen LogP contribution in [0.2, 0.25) is 0 Å². The second-order valence-electron chi connectivity index (χ2n) is 13.7. The van der Waals surface area contributed by atoms with Crippen molar-refractivity contribution in [3.8, 4) is 0 Å². The lowest BCUT2D eigenvalue weighted by Gasteiger charge is -2.25. The second-order valence-corrected chi connectivity index (χ2v) is 13.7. The fourth-order valence-electron chi connectivity index (χ4n) is 5.44. The van der Waals surface area contributed by atoms with Gasteiger partial charge in [-0.2, -0.15) is 0 Å². The maximum atomic E-state index is 12.6. The Morgan fingerprint density at radius 1 is 0.561 bits per heavy atom. The van der Waals surface area contributed by atoms with Gasteiger partial charge in [0.1, 0.15) is 25.6 Å². The van der Waals surface area contributed by atoms with Crippen LogP contribution in [0.1, 0.15) is 71.6 Å². The van der Waals surface area contributed by atoms with Crippen LogP contribution >= 0.6 is 0 Å². The zero-order chi connectivity index (χ0) is 41.9. The van der Waals surface area contributed by atoms with Crippen molar-refractivity contribution in [3.05, 3.63) is 0 Å². The van der Waals surface area contributed by atoms with Crippen LogP contribution in [0.25, 0.3) is 0 Å². The first-order chi connectivity index (χ1) is 27.5. The van der Waals surface area contributed by atoms with Crippen molar-refractivity contribution < 1.29 is 67.1 Å². The van der Waals surface area contributed by atoms with E-state index in [4.69, 9.17) is 28.4 Å². The molecule has 1 fully saturated rings. The van der Waals surface area contributed by atoms with Crippen molar-refractivity contribution in [3.63, 3.8) is 0 Å². The fraction of sp³-hybridized carbons (Fsp3) is 0.816. The maximum absolute atomic E-state index is 12.6. The molecule has 5 amide bonds. The number of ether oxygens (including phenoxy) is 6. The summed E-state index contributed by atoms with van der Waals surface area (Å²) < 4.78 is 31.8. The first-order valence-electron chi connectivity index (χ1n) is 20.1. The zero-order valence-electron chi connectivity index (χ0n) is 33.9. The van der Waals surface area contributed by atoms with Crippen molar-refractivity contribution in [2.75, 3.05) is 112 Å². The number of carbonyl (C=O) groups excluding carboxylic acids is 6. The first kappa shape index (κ1) is 51.3. The quantitative estimate of drug-likeness (QED) is 0.0446. The molecule has 1 aliphatic carbocycles. The number of hydrogen-bond donors (Lipinski definition) is 6. The van der Waals surface area contributed by atoms with Crippen LogP contribution in [0.5, 0.6) is 0 Å². The van der Waals surface area contributed by atoms with E-state index in [2.05, 4.69) is 33.5 Å². The summed E-state index contributed by atoms with van der Waals surface area (Å²) >= 11 is 0. The zero-order valence-corrected chi connectivity index (χ0v) is 33.9. The molecular weight excluding hydrogens is 750 g/mol. The number of hydrogen-bond acceptors (Lipinski definition) is 13. The SMILES string of the molecule is CCCCNC(=O)CNC(=O)COCCOCCNC(=O)COCCOCCNC(=O)COCCOCCNC(=O)CC[C@H](CC(=O)[C@H]1CC[C@H](C)CC1)C(=O)O. The molecule has 0 saturated heterocycles. The molecule has 0 heterocycles. The van der Waals surface area contributed by atoms with E-state index in [1.807, 2.05) is 6.92 Å². The van der Waals surface area contributed by atoms with E-state index in [9.17, 15) is 38.7 Å². The second kappa shape index (κ2) is 34.3. The lowest BCUT2D eigenvalue weighted by atomic mass is 9.78. The summed E-state index contributed by atoms with van der Waals surface area (Å²) in [5, 5.41) is 22.7. The molecule has 57 heavy (non-hydrogen) atoms. The molecule has 0 aromatic carbocycles. The highest BCUT2D eigenvalue weighted by molar-refractivity contribution is 5.86. The molecule has 19 nitrogen and oxygen atoms in total. The Balaban J connectivity index is 1.87. The molecule has 0 aromatic heterocycles. The summed E-state index contributed by atoms with van der Waals surface area (Å²) in [6, 6.07) is 0. The Morgan fingerprint density at radius 3 is 1.47 bits per heavy atom. The van der Waals surface area contributed by atoms with Gasteiger partial charge in [-0.3, -0.25) is 33.6 Å². The summed E-state index contributed by atoms with van der Waals surface area (Å²) in [4.78, 5) is 83.3. The van der Waals surface area contributed by atoms with Gasteiger partial charge in [0, 0.05) is 44.9 Å². The lowest BCUT2D eigenvalue weighted by Crippen LogP contribution is -2.38. The number of carboxylic acid groups (broad SMARTS) is 1. The molecule has 1 atom stereocenters. The third-order valence-electron chi connectivity index (χ3n) is 8.81. The molecule has 0 spiro atoms. The predicted octanol–water partition coefficient (Wildman–Crippen LogP) is -0.266. The topological polar surface area (TPSA) is 255 Å². The van der Waals surface area contributed by atoms with Gasteiger partial charge in [0.25, 0.3) is 0 Å². The summed E-state index contributed by atoms with van der Waals surface area (Å²) in [7, 11) is 0. The van der Waals surface area contributed by atoms with Gasteiger partial charge in [-0.25, -0.2) is 0 Å². The average molecular weight is 818 g/mol. The van der Waals surface area contributed by atoms with Gasteiger partial charge in [-0.05, 0) is 31.6 Å². The third-order valence-corrected chi connectivity index (χ3v) is 8.81. The summed E-state index contributed by atoms with van der Waals surface area (Å²) in [6.45, 7) is 6.85. The van der Waals surface area contributed by atoms with E-state index in [0.717, 1.165) is 38.5 Å². The molecule has 0 bridgehead atoms. The number of amides is 5. The van der Waals surface area contributed by atoms with E-state index in [0.29, 0.717) is 12.5 Å². The van der Waals surface area contributed by atoms with Crippen molar-refractivity contribution in [2.24, 2.45) is 17.8 Å². The summed E-state index contributed by atoms with van der Waals surface area (Å²) in [5.41, 5.74) is 0. The highest BCUT2D eigenvalue weighted by Crippen LogP contribution is 2.30. The molecule has 1 rings (SSSR count). The lowest BCUT2D eigenvalue weighted by molar-refractivity contribution is -0.145. The number of aliphatic carboxylic acids is 1. The van der Waals surface area contributed by atoms with Gasteiger partial charge in [-0.1, -0.05) is 33.1 Å². The Kier molecular flexibility index (Phi) is 30.9. The summed E-state index contributed by atoms with van der Waals surface area (Å²) in [5.74, 6) is -3.00. The maximum Gasteiger partial charge on any atom is 0.306 e. The fourth-order valence-corrected chi connectivity index (χ4v) is 5.44. The molecular formula is C38H67N5O14. The van der Waals surface area contributed by atoms with E-state index in [1.54, 1.807) is 0 Å². The van der Waals surface area contributed by atoms with E-state index < -0.39 is 17.8 Å². The first-order valence-corrected chi connectivity index (χ1v) is 20.1. The highest BCUT2D eigenvalue weighted by Gasteiger charge is 2.29. The molecule has 328 valence electrons. The number of nitrogens with one attached hydrogen (secondary N) is 5. The van der Waals surface area contributed by atoms with Crippen LogP contribution in [0.15, 0.2) is 0 Å². The molecule has 6 N–H and O–H groups in total. The number of carbonyl (C=O) groups is 7. The van der Waals surface area contributed by atoms with Gasteiger partial charge in [0.15, 0.2) is 0 Å². The number of unbranched alkanes of at least 4 members (excludes halogenated alkanes) is 1. The van der Waals surface area contributed by atoms with Crippen molar-refractivity contribution in [1.29, 1.82) is 0 Å². The minimum absolute atomic E-state index is 0.00934. The molecule has 0 unspecified atom stereocenters. The van der Waals surface area contributed by atoms with Gasteiger partial charge in [0.2, 0.25) is 29.5 Å². The standard InChI is InChI=1S/C38H67N5O14/c1-3-4-11-39-34(46)25-43-37(49)28-57-23-20-54-17-14-42-36(48)27-56-22-19-53-16-13-41-35(47)26-55-21-18-52-15-12-40-33(45)10-9-31(38(50)51)24-32(44)30-7-5-29(2)6-8-30/h29-31H,3-28H2,1-2H3,(H,39,46)(H,40,45)(H,41,47)(H,42,48)(H,43,49)(H,50,51)/t29-,30-,31-/m1/s1. The third kappa shape index (κ3) is 30.1. The van der Waals surface area contributed by atoms with Crippen molar-refractivity contribution in [2.45, 2.75) is 71.6 Å². The van der Waals surface area contributed by atoms with Crippen molar-refractivity contribution >= 4 is 41.3 Å². The number of rotatable bonds is 36. The Morgan fingerprint density at radius 2 is 1.00 bits per heavy atom. The average Bonchev–Trinajstić information content (AvgIpc) is 3.18. The van der Waals surface area contributed by atoms with Gasteiger partial charge in [-0.15, -0.1) is 0 Å². The smallest absolute Gasteiger partial charge is 0.306 e. The molecule has 1 aliphatic rings. The molecule has 1 saturated carbocycles. The molecule has 0 radical (unpaired) electrons. The number of carboxylic acids is 1. The molecule has 0 aliphatic heterocycles. The van der Waals surface area contributed by atoms with E-state index in [1.165, 1.54) is 0 Å². The highest BCUT2D eigenvalue weighted by atomic mass is 16.5. The van der Waals surface area contributed by atoms with Crippen LogP contribution < -0.4 is 26.6 Å². The van der Waals surface area contributed by atoms with Crippen LogP contribution in [-0.2, 0) is 62.0 Å². The summed E-state index contributed by atoms with van der Waals surface area (Å²) in [6.07, 6.45) is 5.51. The predicted molar refractivity (Wildman–Crippen MR) is 206 cm³/mol. The van der Waals surface area contributed by atoms with Crippen LogP contribution in [-0.4, -0.2) is 158 Å². The number of ketones is 1. The minimum Gasteiger partial charge on any atom is -0.481 e. The van der Waals surface area contributed by atoms with Crippen LogP contribution in [0.3, 0.4) is 0 Å². The number of Topliss-reactive ketones (excluding diaryl/α,β-unsaturated/α-hetero) is 1. The van der Waals surface area contributed by atoms with Gasteiger partial charge in [0.05, 0.1) is 71.9 Å². The minimum atomic E-state index is -1.06. The molecule has 0 aromatic rings. The van der Waals surface area contributed by atoms with Crippen LogP contribution in [0, 0.1) is 17.8 Å². The van der Waals surface area contributed by atoms with Gasteiger partial charge >= 0.3 is 5.97 Å². The molecule has 19 heteroatoms. The Hall–Kier alpha value is -3.75. The monoisotopic (exact) mass is 817 g/mol. The van der Waals surface area contributed by atoms with E-state index >= 15 is 0 Å². The normalized spacial score (nSPS) is 15.6. The van der Waals surface area contributed by atoms with Gasteiger partial charge < -0.3 is 60.1 Å². The Labute approximate surface area is 336 Å². The van der Waals surface area contributed by atoms with Crippen molar-refractivity contribution in [1.82, 2.24) is 26.6 Å². The van der Waals surface area contributed by atoms with Crippen LogP contribution in [0.4, 0.5) is 0 Å².